The predicted molar refractivity (Wildman–Crippen MR) is 123 cm³/mol. The summed E-state index contributed by atoms with van der Waals surface area (Å²) in [6, 6.07) is 0.0648. The normalized spacial score (nSPS) is 28.3. The molecule has 0 aromatic carbocycles. The second kappa shape index (κ2) is 11.3. The molecule has 2 aromatic heterocycles. The summed E-state index contributed by atoms with van der Waals surface area (Å²) in [5.74, 6) is -0.0264. The van der Waals surface area contributed by atoms with Crippen LogP contribution in [0.5, 0.6) is 0 Å². The molecule has 2 aromatic rings. The number of hydrogen-bond acceptors (Lipinski definition) is 11. The molecular weight excluding hydrogens is 458 g/mol. The van der Waals surface area contributed by atoms with E-state index in [1.807, 2.05) is 13.8 Å². The summed E-state index contributed by atoms with van der Waals surface area (Å²) in [5.41, 5.74) is 0.910. The fourth-order valence-corrected chi connectivity index (χ4v) is 4.51. The van der Waals surface area contributed by atoms with Crippen molar-refractivity contribution < 1.29 is 34.0 Å². The number of aromatic nitrogens is 4. The highest BCUT2D eigenvalue weighted by atomic mass is 16.6. The number of carbonyl (C=O) groups is 2. The summed E-state index contributed by atoms with van der Waals surface area (Å²) in [6.07, 6.45) is 2.80. The molecule has 6 atom stereocenters. The third kappa shape index (κ3) is 5.71. The minimum Gasteiger partial charge on any atom is -0.463 e. The van der Waals surface area contributed by atoms with E-state index in [1.54, 1.807) is 0 Å². The lowest BCUT2D eigenvalue weighted by Crippen LogP contribution is -2.34. The number of hydrogen-bond donors (Lipinski definition) is 3. The van der Waals surface area contributed by atoms with Crippen LogP contribution in [0.3, 0.4) is 0 Å². The van der Waals surface area contributed by atoms with Gasteiger partial charge in [0.2, 0.25) is 0 Å². The van der Waals surface area contributed by atoms with E-state index in [9.17, 15) is 19.8 Å². The number of nitrogens with one attached hydrogen (secondary N) is 1. The summed E-state index contributed by atoms with van der Waals surface area (Å²) in [4.78, 5) is 36.5. The SMILES string of the molecule is CCCC(=O)OCC1OC(n2cnc3c(NC4CC[C@@H](OC(=O)CCC)C4)ncnc32)[C@H](O)[C@@H]1O. The van der Waals surface area contributed by atoms with Gasteiger partial charge in [-0.25, -0.2) is 15.0 Å². The first-order valence-corrected chi connectivity index (χ1v) is 12.2. The van der Waals surface area contributed by atoms with Crippen molar-refractivity contribution in [2.45, 2.75) is 95.5 Å². The third-order valence-corrected chi connectivity index (χ3v) is 6.31. The standard InChI is InChI=1S/C23H33N5O7/c1-3-5-16(29)33-10-15-19(31)20(32)23(35-15)28-12-26-18-21(24-11-25-22(18)28)27-13-7-8-14(9-13)34-17(30)6-4-2/h11-15,19-20,23,31-32H,3-10H2,1-2H3,(H,24,25,27)/t13?,14-,15?,19-,20-,23?/m1/s1. The molecule has 12 nitrogen and oxygen atoms in total. The Morgan fingerprint density at radius 2 is 1.89 bits per heavy atom. The first-order chi connectivity index (χ1) is 16.9. The number of ether oxygens (including phenoxy) is 3. The largest absolute Gasteiger partial charge is 0.463 e. The van der Waals surface area contributed by atoms with Gasteiger partial charge in [0.25, 0.3) is 0 Å². The van der Waals surface area contributed by atoms with Crippen molar-refractivity contribution in [3.8, 4) is 0 Å². The number of aliphatic hydroxyl groups is 2. The van der Waals surface area contributed by atoms with Gasteiger partial charge in [-0.1, -0.05) is 13.8 Å². The number of esters is 2. The Morgan fingerprint density at radius 1 is 1.11 bits per heavy atom. The maximum atomic E-state index is 11.8. The van der Waals surface area contributed by atoms with E-state index in [4.69, 9.17) is 14.2 Å². The van der Waals surface area contributed by atoms with Gasteiger partial charge in [-0.2, -0.15) is 0 Å². The number of carbonyl (C=O) groups excluding carboxylic acids is 2. The number of nitrogens with zero attached hydrogens (tertiary/aromatic N) is 4. The van der Waals surface area contributed by atoms with Gasteiger partial charge in [0.15, 0.2) is 23.2 Å². The fraction of sp³-hybridized carbons (Fsp3) is 0.696. The first kappa shape index (κ1) is 25.3. The van der Waals surface area contributed by atoms with Crippen LogP contribution < -0.4 is 5.32 Å². The zero-order chi connectivity index (χ0) is 24.9. The van der Waals surface area contributed by atoms with Crippen molar-refractivity contribution in [1.82, 2.24) is 19.5 Å². The predicted octanol–water partition coefficient (Wildman–Crippen LogP) is 1.47. The second-order valence-corrected chi connectivity index (χ2v) is 9.04. The highest BCUT2D eigenvalue weighted by Crippen LogP contribution is 2.33. The smallest absolute Gasteiger partial charge is 0.306 e. The lowest BCUT2D eigenvalue weighted by atomic mass is 10.1. The minimum atomic E-state index is -1.26. The summed E-state index contributed by atoms with van der Waals surface area (Å²) >= 11 is 0. The lowest BCUT2D eigenvalue weighted by Gasteiger charge is -2.17. The number of anilines is 1. The molecule has 1 saturated carbocycles. The van der Waals surface area contributed by atoms with Crippen molar-refractivity contribution in [3.63, 3.8) is 0 Å². The van der Waals surface area contributed by atoms with Gasteiger partial charge in [-0.15, -0.1) is 0 Å². The van der Waals surface area contributed by atoms with Crippen LogP contribution >= 0.6 is 0 Å². The maximum absolute atomic E-state index is 11.8. The van der Waals surface area contributed by atoms with Crippen molar-refractivity contribution >= 4 is 28.9 Å². The van der Waals surface area contributed by atoms with Gasteiger partial charge in [0.05, 0.1) is 6.33 Å². The van der Waals surface area contributed by atoms with Crippen LogP contribution in [-0.2, 0) is 23.8 Å². The first-order valence-electron chi connectivity index (χ1n) is 12.2. The number of imidazole rings is 1. The number of fused-ring (bicyclic) bond motifs is 1. The molecule has 3 N–H and O–H groups in total. The lowest BCUT2D eigenvalue weighted by molar-refractivity contribution is -0.150. The van der Waals surface area contributed by atoms with E-state index in [1.165, 1.54) is 17.2 Å². The molecule has 0 spiro atoms. The molecule has 0 bridgehead atoms. The number of rotatable bonds is 10. The molecule has 2 fully saturated rings. The van der Waals surface area contributed by atoms with Gasteiger partial charge in [-0.3, -0.25) is 14.2 Å². The topological polar surface area (TPSA) is 158 Å². The molecule has 192 valence electrons. The van der Waals surface area contributed by atoms with E-state index >= 15 is 0 Å². The molecule has 35 heavy (non-hydrogen) atoms. The quantitative estimate of drug-likeness (QED) is 0.413. The third-order valence-electron chi connectivity index (χ3n) is 6.31. The van der Waals surface area contributed by atoms with Crippen LogP contribution in [0, 0.1) is 0 Å². The summed E-state index contributed by atoms with van der Waals surface area (Å²) in [7, 11) is 0. The van der Waals surface area contributed by atoms with Crippen LogP contribution in [0.25, 0.3) is 11.2 Å². The van der Waals surface area contributed by atoms with E-state index in [-0.39, 0.29) is 37.1 Å². The number of aliphatic hydroxyl groups excluding tert-OH is 2. The molecule has 1 aliphatic carbocycles. The van der Waals surface area contributed by atoms with Crippen LogP contribution in [0.1, 0.15) is 65.0 Å². The molecule has 1 aliphatic heterocycles. The maximum Gasteiger partial charge on any atom is 0.306 e. The van der Waals surface area contributed by atoms with Gasteiger partial charge in [-0.05, 0) is 25.7 Å². The summed E-state index contributed by atoms with van der Waals surface area (Å²) in [6.45, 7) is 3.65. The monoisotopic (exact) mass is 491 g/mol. The second-order valence-electron chi connectivity index (χ2n) is 9.04. The van der Waals surface area contributed by atoms with Gasteiger partial charge >= 0.3 is 11.9 Å². The molecule has 1 saturated heterocycles. The zero-order valence-electron chi connectivity index (χ0n) is 20.0. The Balaban J connectivity index is 1.42. The van der Waals surface area contributed by atoms with Gasteiger partial charge in [0, 0.05) is 25.3 Å². The molecule has 3 heterocycles. The Kier molecular flexibility index (Phi) is 8.14. The Hall–Kier alpha value is -2.83. The van der Waals surface area contributed by atoms with Crippen LogP contribution in [0.4, 0.5) is 5.82 Å². The molecular formula is C23H33N5O7. The Labute approximate surface area is 203 Å². The van der Waals surface area contributed by atoms with E-state index < -0.39 is 24.5 Å². The van der Waals surface area contributed by atoms with Crippen molar-refractivity contribution in [1.29, 1.82) is 0 Å². The average Bonchev–Trinajstić information content (AvgIpc) is 3.52. The highest BCUT2D eigenvalue weighted by molar-refractivity contribution is 5.82. The summed E-state index contributed by atoms with van der Waals surface area (Å²) in [5, 5.41) is 24.4. The summed E-state index contributed by atoms with van der Waals surface area (Å²) < 4.78 is 18.0. The Morgan fingerprint density at radius 3 is 2.66 bits per heavy atom. The van der Waals surface area contributed by atoms with E-state index in [0.29, 0.717) is 36.2 Å². The molecule has 0 amide bonds. The molecule has 12 heteroatoms. The van der Waals surface area contributed by atoms with Crippen molar-refractivity contribution in [2.24, 2.45) is 0 Å². The van der Waals surface area contributed by atoms with Crippen LogP contribution in [0.15, 0.2) is 12.7 Å². The minimum absolute atomic E-state index is 0.0648. The van der Waals surface area contributed by atoms with E-state index in [2.05, 4.69) is 20.3 Å². The van der Waals surface area contributed by atoms with E-state index in [0.717, 1.165) is 19.3 Å². The van der Waals surface area contributed by atoms with Crippen LogP contribution in [-0.4, -0.2) is 78.7 Å². The van der Waals surface area contributed by atoms with Gasteiger partial charge < -0.3 is 29.7 Å². The van der Waals surface area contributed by atoms with Crippen molar-refractivity contribution in [3.05, 3.63) is 12.7 Å². The Bertz CT molecular complexity index is 1030. The molecule has 3 unspecified atom stereocenters. The van der Waals surface area contributed by atoms with Gasteiger partial charge in [0.1, 0.15) is 37.4 Å². The average molecular weight is 492 g/mol. The zero-order valence-corrected chi connectivity index (χ0v) is 20.0. The van der Waals surface area contributed by atoms with Crippen LogP contribution in [0.2, 0.25) is 0 Å². The fourth-order valence-electron chi connectivity index (χ4n) is 4.51. The molecule has 0 radical (unpaired) electrons. The van der Waals surface area contributed by atoms with Crippen molar-refractivity contribution in [2.75, 3.05) is 11.9 Å². The molecule has 4 rings (SSSR count). The molecule has 2 aliphatic rings. The highest BCUT2D eigenvalue weighted by Gasteiger charge is 2.45.